The molecule has 0 heterocycles. The van der Waals surface area contributed by atoms with Crippen LogP contribution in [0.5, 0.6) is 0 Å². The van der Waals surface area contributed by atoms with Crippen molar-refractivity contribution in [1.82, 2.24) is 0 Å². The standard InChI is InChI=1S/C43H69NO7/c1-6-8-10-12-14-16-17-18-19-20-21-22-23-24-26-28-30-32-34-42(46)51-39(37-49-36-35-40(43(47)48)44(3,4)5)38-50-41(45)33-31-29-27-25-15-13-11-9-7-2/h9,11,14-22,25,29,31,39-40H,6-8,10,12-13,23-24,26-28,30,32-38H2,1-5H3/b11-9+,16-14+,18-17+,20-19+,22-21+,25-15+,31-29+. The average molecular weight is 712 g/mol. The van der Waals surface area contributed by atoms with Crippen LogP contribution in [0.3, 0.4) is 0 Å². The molecular weight excluding hydrogens is 642 g/mol. The summed E-state index contributed by atoms with van der Waals surface area (Å²) in [6.45, 7) is 4.33. The number of quaternary nitrogens is 1. The van der Waals surface area contributed by atoms with Crippen molar-refractivity contribution in [2.24, 2.45) is 0 Å². The van der Waals surface area contributed by atoms with Gasteiger partial charge in [0.1, 0.15) is 12.6 Å². The predicted octanol–water partition coefficient (Wildman–Crippen LogP) is 8.46. The van der Waals surface area contributed by atoms with Crippen molar-refractivity contribution < 1.29 is 38.2 Å². The fraction of sp³-hybridized carbons (Fsp3) is 0.605. The number of hydrogen-bond acceptors (Lipinski definition) is 7. The minimum absolute atomic E-state index is 0.00178. The molecule has 0 aliphatic carbocycles. The summed E-state index contributed by atoms with van der Waals surface area (Å²) in [6.07, 6.45) is 42.2. The first-order valence-electron chi connectivity index (χ1n) is 19.2. The molecule has 0 saturated carbocycles. The number of hydrogen-bond donors (Lipinski definition) is 0. The number of likely N-dealkylation sites (N-methyl/N-ethyl adjacent to an activating group) is 1. The molecule has 0 aliphatic rings. The highest BCUT2D eigenvalue weighted by Crippen LogP contribution is 2.11. The maximum absolute atomic E-state index is 12.6. The van der Waals surface area contributed by atoms with Crippen molar-refractivity contribution in [3.63, 3.8) is 0 Å². The molecule has 0 aromatic heterocycles. The molecule has 8 nitrogen and oxygen atoms in total. The summed E-state index contributed by atoms with van der Waals surface area (Å²) in [7, 11) is 5.35. The van der Waals surface area contributed by atoms with E-state index in [0.29, 0.717) is 0 Å². The third-order valence-electron chi connectivity index (χ3n) is 7.89. The Kier molecular flexibility index (Phi) is 31.3. The van der Waals surface area contributed by atoms with Crippen LogP contribution in [-0.4, -0.2) is 75.5 Å². The van der Waals surface area contributed by atoms with Gasteiger partial charge in [-0.15, -0.1) is 0 Å². The van der Waals surface area contributed by atoms with Crippen LogP contribution in [0, 0.1) is 0 Å². The van der Waals surface area contributed by atoms with Crippen LogP contribution in [-0.2, 0) is 28.6 Å². The van der Waals surface area contributed by atoms with E-state index in [9.17, 15) is 19.5 Å². The molecule has 0 rings (SSSR count). The number of aliphatic carboxylic acids is 1. The molecule has 0 N–H and O–H groups in total. The van der Waals surface area contributed by atoms with E-state index in [0.717, 1.165) is 64.2 Å². The van der Waals surface area contributed by atoms with Gasteiger partial charge in [0.15, 0.2) is 6.10 Å². The lowest BCUT2D eigenvalue weighted by atomic mass is 10.1. The molecular formula is C43H69NO7. The van der Waals surface area contributed by atoms with Crippen molar-refractivity contribution in [2.75, 3.05) is 41.0 Å². The molecule has 0 aliphatic heterocycles. The Bertz CT molecular complexity index is 1110. The molecule has 288 valence electrons. The van der Waals surface area contributed by atoms with Crippen LogP contribution >= 0.6 is 0 Å². The second kappa shape index (κ2) is 33.6. The first kappa shape index (κ1) is 47.5. The number of unbranched alkanes of at least 4 members (excludes halogenated alkanes) is 8. The monoisotopic (exact) mass is 712 g/mol. The molecule has 0 spiro atoms. The molecule has 0 amide bonds. The van der Waals surface area contributed by atoms with Gasteiger partial charge in [0.05, 0.1) is 46.7 Å². The van der Waals surface area contributed by atoms with E-state index in [1.807, 2.05) is 30.4 Å². The van der Waals surface area contributed by atoms with Crippen LogP contribution < -0.4 is 5.11 Å². The lowest BCUT2D eigenvalue weighted by molar-refractivity contribution is -0.889. The zero-order valence-electron chi connectivity index (χ0n) is 32.5. The van der Waals surface area contributed by atoms with Gasteiger partial charge in [-0.2, -0.15) is 0 Å². The Morgan fingerprint density at radius 2 is 1.22 bits per heavy atom. The average Bonchev–Trinajstić information content (AvgIpc) is 3.08. The summed E-state index contributed by atoms with van der Waals surface area (Å²) < 4.78 is 16.9. The van der Waals surface area contributed by atoms with Crippen molar-refractivity contribution in [3.05, 3.63) is 85.1 Å². The SMILES string of the molecule is CC/C=C/C/C=C/C/C=C/CC(=O)OCC(COCCC(C(=O)[O-])[N+](C)(C)C)OC(=O)CCCCCCC/C=C/C=C/C=C/C=C/CCCCC. The quantitative estimate of drug-likeness (QED) is 0.0227. The fourth-order valence-corrected chi connectivity index (χ4v) is 4.91. The Morgan fingerprint density at radius 1 is 0.647 bits per heavy atom. The highest BCUT2D eigenvalue weighted by molar-refractivity contribution is 5.71. The number of rotatable bonds is 32. The summed E-state index contributed by atoms with van der Waals surface area (Å²) >= 11 is 0. The van der Waals surface area contributed by atoms with Gasteiger partial charge in [-0.1, -0.05) is 131 Å². The molecule has 0 saturated heterocycles. The number of allylic oxidation sites excluding steroid dienone is 13. The number of ether oxygens (including phenoxy) is 3. The van der Waals surface area contributed by atoms with E-state index >= 15 is 0 Å². The van der Waals surface area contributed by atoms with Gasteiger partial charge in [0.2, 0.25) is 0 Å². The first-order chi connectivity index (χ1) is 24.6. The Morgan fingerprint density at radius 3 is 1.82 bits per heavy atom. The van der Waals surface area contributed by atoms with E-state index in [1.165, 1.54) is 19.3 Å². The van der Waals surface area contributed by atoms with Gasteiger partial charge in [-0.05, 0) is 51.4 Å². The number of carboxylic acid groups (broad SMARTS) is 1. The lowest BCUT2D eigenvalue weighted by Gasteiger charge is -2.34. The Labute approximate surface area is 310 Å². The predicted molar refractivity (Wildman–Crippen MR) is 208 cm³/mol. The Balaban J connectivity index is 4.54. The van der Waals surface area contributed by atoms with Gasteiger partial charge < -0.3 is 28.6 Å². The molecule has 0 bridgehead atoms. The van der Waals surface area contributed by atoms with Gasteiger partial charge in [-0.25, -0.2) is 0 Å². The number of carboxylic acids is 1. The minimum atomic E-state index is -1.14. The number of esters is 2. The third kappa shape index (κ3) is 32.2. The zero-order valence-corrected chi connectivity index (χ0v) is 32.5. The summed E-state index contributed by atoms with van der Waals surface area (Å²) in [5.41, 5.74) is 0. The van der Waals surface area contributed by atoms with Gasteiger partial charge in [-0.3, -0.25) is 9.59 Å². The molecule has 2 unspecified atom stereocenters. The fourth-order valence-electron chi connectivity index (χ4n) is 4.91. The second-order valence-corrected chi connectivity index (χ2v) is 13.5. The highest BCUT2D eigenvalue weighted by atomic mass is 16.6. The third-order valence-corrected chi connectivity index (χ3v) is 7.89. The van der Waals surface area contributed by atoms with Crippen LogP contribution in [0.25, 0.3) is 0 Å². The van der Waals surface area contributed by atoms with Gasteiger partial charge in [0.25, 0.3) is 0 Å². The molecule has 0 fully saturated rings. The Hall–Kier alpha value is -3.49. The lowest BCUT2D eigenvalue weighted by Crippen LogP contribution is -2.55. The van der Waals surface area contributed by atoms with E-state index in [2.05, 4.69) is 62.5 Å². The largest absolute Gasteiger partial charge is 0.544 e. The van der Waals surface area contributed by atoms with Crippen molar-refractivity contribution in [3.8, 4) is 0 Å². The number of carbonyl (C=O) groups excluding carboxylic acids is 3. The molecule has 51 heavy (non-hydrogen) atoms. The smallest absolute Gasteiger partial charge is 0.309 e. The van der Waals surface area contributed by atoms with Gasteiger partial charge in [0, 0.05) is 12.8 Å². The first-order valence-corrected chi connectivity index (χ1v) is 19.2. The summed E-state index contributed by atoms with van der Waals surface area (Å²) in [4.78, 5) is 36.5. The molecule has 0 aromatic carbocycles. The summed E-state index contributed by atoms with van der Waals surface area (Å²) in [6, 6.07) is -0.744. The molecule has 0 radical (unpaired) electrons. The minimum Gasteiger partial charge on any atom is -0.544 e. The van der Waals surface area contributed by atoms with Crippen LogP contribution in [0.15, 0.2) is 85.1 Å². The maximum atomic E-state index is 12.6. The molecule has 2 atom stereocenters. The van der Waals surface area contributed by atoms with E-state index in [1.54, 1.807) is 27.2 Å². The second-order valence-electron chi connectivity index (χ2n) is 13.5. The van der Waals surface area contributed by atoms with E-state index < -0.39 is 24.1 Å². The number of carbonyl (C=O) groups is 3. The van der Waals surface area contributed by atoms with Gasteiger partial charge >= 0.3 is 11.9 Å². The van der Waals surface area contributed by atoms with E-state index in [-0.39, 0.29) is 49.5 Å². The zero-order chi connectivity index (χ0) is 37.8. The van der Waals surface area contributed by atoms with Crippen molar-refractivity contribution in [2.45, 2.75) is 129 Å². The topological polar surface area (TPSA) is 102 Å². The van der Waals surface area contributed by atoms with Crippen LogP contribution in [0.2, 0.25) is 0 Å². The van der Waals surface area contributed by atoms with Crippen molar-refractivity contribution >= 4 is 17.9 Å². The highest BCUT2D eigenvalue weighted by Gasteiger charge is 2.25. The molecule has 8 heteroatoms. The maximum Gasteiger partial charge on any atom is 0.309 e. The van der Waals surface area contributed by atoms with Crippen molar-refractivity contribution in [1.29, 1.82) is 0 Å². The van der Waals surface area contributed by atoms with Crippen LogP contribution in [0.4, 0.5) is 0 Å². The van der Waals surface area contributed by atoms with Crippen LogP contribution in [0.1, 0.15) is 117 Å². The molecule has 0 aromatic rings. The summed E-state index contributed by atoms with van der Waals surface area (Å²) in [5.74, 6) is -1.93. The summed E-state index contributed by atoms with van der Waals surface area (Å²) in [5, 5.41) is 11.6. The van der Waals surface area contributed by atoms with E-state index in [4.69, 9.17) is 14.2 Å². The normalized spacial score (nSPS) is 14.0. The number of nitrogens with zero attached hydrogens (tertiary/aromatic N) is 1.